The number of halogens is 2. The first-order valence-corrected chi connectivity index (χ1v) is 8.31. The van der Waals surface area contributed by atoms with E-state index in [0.29, 0.717) is 41.9 Å². The van der Waals surface area contributed by atoms with Gasteiger partial charge in [0.1, 0.15) is 6.54 Å². The van der Waals surface area contributed by atoms with Crippen molar-refractivity contribution in [2.75, 3.05) is 37.6 Å². The molecule has 24 heavy (non-hydrogen) atoms. The maximum Gasteiger partial charge on any atom is 0.242 e. The van der Waals surface area contributed by atoms with Gasteiger partial charge in [-0.05, 0) is 18.2 Å². The van der Waals surface area contributed by atoms with E-state index < -0.39 is 0 Å². The summed E-state index contributed by atoms with van der Waals surface area (Å²) in [5.41, 5.74) is 0.448. The Balaban J connectivity index is 2.07. The van der Waals surface area contributed by atoms with E-state index in [0.717, 1.165) is 0 Å². The van der Waals surface area contributed by atoms with Gasteiger partial charge in [0, 0.05) is 45.0 Å². The van der Waals surface area contributed by atoms with E-state index in [-0.39, 0.29) is 24.3 Å². The highest BCUT2D eigenvalue weighted by Crippen LogP contribution is 2.29. The molecular weight excluding hydrogens is 353 g/mol. The Labute approximate surface area is 150 Å². The number of rotatable bonds is 3. The first-order chi connectivity index (χ1) is 11.3. The van der Waals surface area contributed by atoms with Crippen molar-refractivity contribution >= 4 is 46.6 Å². The average molecular weight is 372 g/mol. The van der Waals surface area contributed by atoms with Gasteiger partial charge in [-0.1, -0.05) is 23.2 Å². The molecule has 0 unspecified atom stereocenters. The van der Waals surface area contributed by atoms with Crippen LogP contribution in [0.15, 0.2) is 18.2 Å². The van der Waals surface area contributed by atoms with Crippen LogP contribution in [0.5, 0.6) is 0 Å². The molecule has 0 N–H and O–H groups in total. The molecule has 0 saturated carbocycles. The fourth-order valence-corrected chi connectivity index (χ4v) is 3.08. The van der Waals surface area contributed by atoms with E-state index in [1.54, 1.807) is 21.9 Å². The number of nitrogens with zero attached hydrogens (tertiary/aromatic N) is 3. The van der Waals surface area contributed by atoms with Crippen LogP contribution in [0.1, 0.15) is 13.8 Å². The number of carbonyl (C=O) groups is 3. The van der Waals surface area contributed by atoms with Gasteiger partial charge in [-0.25, -0.2) is 0 Å². The summed E-state index contributed by atoms with van der Waals surface area (Å²) in [7, 11) is 0. The molecule has 0 bridgehead atoms. The lowest BCUT2D eigenvalue weighted by molar-refractivity contribution is -0.137. The van der Waals surface area contributed by atoms with E-state index in [1.807, 2.05) is 0 Å². The average Bonchev–Trinajstić information content (AvgIpc) is 2.53. The topological polar surface area (TPSA) is 60.9 Å². The molecule has 130 valence electrons. The highest BCUT2D eigenvalue weighted by Gasteiger charge is 2.25. The number of benzene rings is 1. The molecule has 3 amide bonds. The van der Waals surface area contributed by atoms with E-state index in [4.69, 9.17) is 23.2 Å². The predicted octanol–water partition coefficient (Wildman–Crippen LogP) is 2.04. The lowest BCUT2D eigenvalue weighted by atomic mass is 10.2. The predicted molar refractivity (Wildman–Crippen MR) is 93.3 cm³/mol. The first kappa shape index (κ1) is 18.5. The van der Waals surface area contributed by atoms with Crippen LogP contribution < -0.4 is 4.90 Å². The summed E-state index contributed by atoms with van der Waals surface area (Å²) in [6.45, 7) is 4.71. The Morgan fingerprint density at radius 1 is 1.04 bits per heavy atom. The molecule has 1 aliphatic heterocycles. The van der Waals surface area contributed by atoms with Crippen molar-refractivity contribution in [3.05, 3.63) is 28.2 Å². The highest BCUT2D eigenvalue weighted by molar-refractivity contribution is 6.36. The molecule has 1 aliphatic rings. The molecule has 0 spiro atoms. The summed E-state index contributed by atoms with van der Waals surface area (Å²) >= 11 is 12.0. The minimum atomic E-state index is -0.282. The second-order valence-corrected chi connectivity index (χ2v) is 6.43. The van der Waals surface area contributed by atoms with Crippen LogP contribution >= 0.6 is 23.2 Å². The Morgan fingerprint density at radius 2 is 1.62 bits per heavy atom. The molecule has 0 aliphatic carbocycles. The summed E-state index contributed by atoms with van der Waals surface area (Å²) < 4.78 is 0. The van der Waals surface area contributed by atoms with Gasteiger partial charge in [-0.3, -0.25) is 14.4 Å². The van der Waals surface area contributed by atoms with Gasteiger partial charge in [-0.2, -0.15) is 0 Å². The van der Waals surface area contributed by atoms with Crippen molar-refractivity contribution in [1.82, 2.24) is 9.80 Å². The van der Waals surface area contributed by atoms with Gasteiger partial charge in [0.25, 0.3) is 0 Å². The molecule has 1 aromatic rings. The molecule has 0 radical (unpaired) electrons. The Morgan fingerprint density at radius 3 is 2.12 bits per heavy atom. The Bertz CT molecular complexity index is 658. The maximum absolute atomic E-state index is 12.5. The second-order valence-electron chi connectivity index (χ2n) is 5.59. The second kappa shape index (κ2) is 7.85. The summed E-state index contributed by atoms with van der Waals surface area (Å²) in [6, 6.07) is 4.77. The van der Waals surface area contributed by atoms with Crippen molar-refractivity contribution in [2.45, 2.75) is 13.8 Å². The minimum Gasteiger partial charge on any atom is -0.339 e. The van der Waals surface area contributed by atoms with Crippen molar-refractivity contribution in [3.63, 3.8) is 0 Å². The molecule has 2 rings (SSSR count). The summed E-state index contributed by atoms with van der Waals surface area (Å²) in [4.78, 5) is 40.5. The van der Waals surface area contributed by atoms with Crippen molar-refractivity contribution in [3.8, 4) is 0 Å². The Hall–Kier alpha value is -1.79. The third kappa shape index (κ3) is 4.39. The number of hydrogen-bond acceptors (Lipinski definition) is 3. The van der Waals surface area contributed by atoms with Crippen molar-refractivity contribution < 1.29 is 14.4 Å². The Kier molecular flexibility index (Phi) is 6.07. The van der Waals surface area contributed by atoms with Crippen LogP contribution in [0.25, 0.3) is 0 Å². The fourth-order valence-electron chi connectivity index (χ4n) is 2.57. The van der Waals surface area contributed by atoms with Crippen LogP contribution in [0.2, 0.25) is 10.0 Å². The molecule has 0 aromatic heterocycles. The van der Waals surface area contributed by atoms with E-state index in [2.05, 4.69) is 0 Å². The molecule has 1 saturated heterocycles. The maximum atomic E-state index is 12.5. The lowest BCUT2D eigenvalue weighted by Crippen LogP contribution is -2.52. The summed E-state index contributed by atoms with van der Waals surface area (Å²) in [6.07, 6.45) is 0. The molecule has 1 heterocycles. The zero-order valence-electron chi connectivity index (χ0n) is 13.6. The van der Waals surface area contributed by atoms with Crippen molar-refractivity contribution in [2.24, 2.45) is 0 Å². The standard InChI is InChI=1S/C16H19Cl2N3O3/c1-11(22)19-5-7-20(8-6-19)16(24)10-21(12(2)23)15-4-3-13(17)9-14(15)18/h3-4,9H,5-8,10H2,1-2H3. The van der Waals surface area contributed by atoms with Gasteiger partial charge in [0.15, 0.2) is 0 Å². The number of amides is 3. The summed E-state index contributed by atoms with van der Waals surface area (Å²) in [5.74, 6) is -0.463. The normalized spacial score (nSPS) is 14.5. The number of hydrogen-bond donors (Lipinski definition) is 0. The van der Waals surface area contributed by atoms with E-state index >= 15 is 0 Å². The van der Waals surface area contributed by atoms with Gasteiger partial charge >= 0.3 is 0 Å². The summed E-state index contributed by atoms with van der Waals surface area (Å²) in [5, 5.41) is 0.769. The minimum absolute atomic E-state index is 0.000377. The molecule has 1 fully saturated rings. The number of carbonyl (C=O) groups excluding carboxylic acids is 3. The van der Waals surface area contributed by atoms with Gasteiger partial charge < -0.3 is 14.7 Å². The van der Waals surface area contributed by atoms with Gasteiger partial charge in [0.05, 0.1) is 10.7 Å². The van der Waals surface area contributed by atoms with Crippen LogP contribution in [0, 0.1) is 0 Å². The molecule has 8 heteroatoms. The van der Waals surface area contributed by atoms with E-state index in [1.165, 1.54) is 24.8 Å². The largest absolute Gasteiger partial charge is 0.339 e. The molecule has 6 nitrogen and oxygen atoms in total. The monoisotopic (exact) mass is 371 g/mol. The number of piperazine rings is 1. The van der Waals surface area contributed by atoms with Crippen LogP contribution in [0.4, 0.5) is 5.69 Å². The molecular formula is C16H19Cl2N3O3. The van der Waals surface area contributed by atoms with E-state index in [9.17, 15) is 14.4 Å². The SMILES string of the molecule is CC(=O)N1CCN(C(=O)CN(C(C)=O)c2ccc(Cl)cc2Cl)CC1. The zero-order chi connectivity index (χ0) is 17.9. The van der Waals surface area contributed by atoms with Gasteiger partial charge in [-0.15, -0.1) is 0 Å². The van der Waals surface area contributed by atoms with Crippen LogP contribution in [-0.2, 0) is 14.4 Å². The first-order valence-electron chi connectivity index (χ1n) is 7.56. The lowest BCUT2D eigenvalue weighted by Gasteiger charge is -2.35. The van der Waals surface area contributed by atoms with Crippen LogP contribution in [0.3, 0.4) is 0 Å². The fraction of sp³-hybridized carbons (Fsp3) is 0.438. The molecule has 1 aromatic carbocycles. The van der Waals surface area contributed by atoms with Gasteiger partial charge in [0.2, 0.25) is 17.7 Å². The quantitative estimate of drug-likeness (QED) is 0.816. The molecule has 0 atom stereocenters. The number of anilines is 1. The zero-order valence-corrected chi connectivity index (χ0v) is 15.1. The third-order valence-electron chi connectivity index (χ3n) is 3.95. The third-order valence-corrected chi connectivity index (χ3v) is 4.49. The highest BCUT2D eigenvalue weighted by atomic mass is 35.5. The van der Waals surface area contributed by atoms with Crippen LogP contribution in [-0.4, -0.2) is 60.2 Å². The smallest absolute Gasteiger partial charge is 0.242 e. The van der Waals surface area contributed by atoms with Crippen molar-refractivity contribution in [1.29, 1.82) is 0 Å².